The van der Waals surface area contributed by atoms with Gasteiger partial charge in [0.2, 0.25) is 0 Å². The molecule has 33 heavy (non-hydrogen) atoms. The first-order chi connectivity index (χ1) is 16.0. The number of nitrogens with one attached hydrogen (secondary N) is 2. The molecule has 1 aliphatic rings. The molecule has 0 radical (unpaired) electrons. The average molecular weight is 507 g/mol. The number of anilines is 2. The molecular formula is C26H27BrN4O2. The normalized spacial score (nSPS) is 14.1. The summed E-state index contributed by atoms with van der Waals surface area (Å²) in [7, 11) is 0. The molecule has 0 unspecified atom stereocenters. The smallest absolute Gasteiger partial charge is 0.255 e. The molecule has 1 fully saturated rings. The Morgan fingerprint density at radius 1 is 1.06 bits per heavy atom. The van der Waals surface area contributed by atoms with Crippen LogP contribution in [0.5, 0.6) is 0 Å². The van der Waals surface area contributed by atoms with Crippen molar-refractivity contribution >= 4 is 39.1 Å². The molecule has 2 N–H and O–H groups in total. The molecule has 0 aliphatic carbocycles. The molecule has 1 aromatic heterocycles. The van der Waals surface area contributed by atoms with E-state index in [2.05, 4.69) is 43.4 Å². The van der Waals surface area contributed by atoms with Crippen LogP contribution in [0.15, 0.2) is 71.5 Å². The third-order valence-electron chi connectivity index (χ3n) is 5.91. The zero-order valence-corrected chi connectivity index (χ0v) is 20.1. The highest BCUT2D eigenvalue weighted by molar-refractivity contribution is 9.10. The van der Waals surface area contributed by atoms with Crippen molar-refractivity contribution in [1.82, 2.24) is 10.3 Å². The van der Waals surface area contributed by atoms with Gasteiger partial charge in [-0.1, -0.05) is 28.9 Å². The van der Waals surface area contributed by atoms with Crippen molar-refractivity contribution in [1.29, 1.82) is 0 Å². The second kappa shape index (κ2) is 10.6. The van der Waals surface area contributed by atoms with Crippen LogP contribution in [0.1, 0.15) is 46.0 Å². The maximum Gasteiger partial charge on any atom is 0.255 e. The Morgan fingerprint density at radius 3 is 2.52 bits per heavy atom. The lowest BCUT2D eigenvalue weighted by atomic mass is 9.97. The van der Waals surface area contributed by atoms with E-state index in [-0.39, 0.29) is 11.8 Å². The highest BCUT2D eigenvalue weighted by Gasteiger charge is 2.22. The predicted octanol–water partition coefficient (Wildman–Crippen LogP) is 5.26. The van der Waals surface area contributed by atoms with E-state index in [9.17, 15) is 9.59 Å². The number of aromatic nitrogens is 1. The van der Waals surface area contributed by atoms with Crippen molar-refractivity contribution < 1.29 is 9.59 Å². The van der Waals surface area contributed by atoms with Crippen LogP contribution in [0.2, 0.25) is 0 Å². The van der Waals surface area contributed by atoms with Crippen molar-refractivity contribution in [3.63, 3.8) is 0 Å². The first kappa shape index (κ1) is 23.0. The molecule has 7 heteroatoms. The Balaban J connectivity index is 1.56. The van der Waals surface area contributed by atoms with E-state index in [1.807, 2.05) is 36.4 Å². The zero-order chi connectivity index (χ0) is 23.2. The molecule has 6 nitrogen and oxygen atoms in total. The first-order valence-corrected chi connectivity index (χ1v) is 11.9. The predicted molar refractivity (Wildman–Crippen MR) is 135 cm³/mol. The number of pyridine rings is 1. The van der Waals surface area contributed by atoms with E-state index in [1.54, 1.807) is 30.6 Å². The summed E-state index contributed by atoms with van der Waals surface area (Å²) in [5.74, 6) is 0.296. The number of amides is 2. The summed E-state index contributed by atoms with van der Waals surface area (Å²) in [4.78, 5) is 32.3. The molecule has 1 aliphatic heterocycles. The maximum atomic E-state index is 13.2. The topological polar surface area (TPSA) is 74.3 Å². The summed E-state index contributed by atoms with van der Waals surface area (Å²) >= 11 is 3.38. The lowest BCUT2D eigenvalue weighted by Gasteiger charge is -2.33. The van der Waals surface area contributed by atoms with Gasteiger partial charge in [0.05, 0.1) is 5.56 Å². The van der Waals surface area contributed by atoms with Gasteiger partial charge in [0, 0.05) is 53.4 Å². The highest BCUT2D eigenvalue weighted by atomic mass is 79.9. The van der Waals surface area contributed by atoms with Crippen LogP contribution in [-0.4, -0.2) is 29.9 Å². The average Bonchev–Trinajstić information content (AvgIpc) is 2.84. The van der Waals surface area contributed by atoms with Crippen LogP contribution in [0.3, 0.4) is 0 Å². The molecule has 170 valence electrons. The lowest BCUT2D eigenvalue weighted by molar-refractivity contribution is 0.0950. The van der Waals surface area contributed by atoms with Crippen LogP contribution in [-0.2, 0) is 6.54 Å². The van der Waals surface area contributed by atoms with Gasteiger partial charge in [0.1, 0.15) is 0 Å². The number of halogens is 1. The quantitative estimate of drug-likeness (QED) is 0.477. The summed E-state index contributed by atoms with van der Waals surface area (Å²) in [6.07, 6.45) is 5.64. The summed E-state index contributed by atoms with van der Waals surface area (Å²) in [5.41, 5.74) is 3.52. The molecule has 2 aromatic carbocycles. The number of piperidine rings is 1. The second-order valence-corrected chi connectivity index (χ2v) is 9.32. The Kier molecular flexibility index (Phi) is 7.40. The van der Waals surface area contributed by atoms with Crippen molar-refractivity contribution in [2.75, 3.05) is 23.3 Å². The molecule has 4 rings (SSSR count). The maximum absolute atomic E-state index is 13.2. The van der Waals surface area contributed by atoms with Gasteiger partial charge in [-0.15, -0.1) is 0 Å². The number of hydrogen-bond acceptors (Lipinski definition) is 4. The molecule has 2 amide bonds. The highest BCUT2D eigenvalue weighted by Crippen LogP contribution is 2.29. The molecule has 3 aromatic rings. The minimum absolute atomic E-state index is 0.174. The Hall–Kier alpha value is -3.19. The Labute approximate surface area is 202 Å². The fraction of sp³-hybridized carbons (Fsp3) is 0.269. The largest absolute Gasteiger partial charge is 0.371 e. The van der Waals surface area contributed by atoms with Gasteiger partial charge >= 0.3 is 0 Å². The van der Waals surface area contributed by atoms with Crippen LogP contribution < -0.4 is 15.5 Å². The van der Waals surface area contributed by atoms with Gasteiger partial charge in [-0.2, -0.15) is 0 Å². The van der Waals surface area contributed by atoms with Crippen LogP contribution in [0, 0.1) is 5.92 Å². The number of carbonyl (C=O) groups is 2. The standard InChI is InChI=1S/C26H27BrN4O2/c1-18-10-13-31(14-11-18)24-9-8-22(30-25(32)20-4-6-21(27)7-5-20)15-23(24)26(33)29-17-19-3-2-12-28-16-19/h2-9,12,15-16,18H,10-11,13-14,17H2,1H3,(H,29,33)(H,30,32). The van der Waals surface area contributed by atoms with E-state index >= 15 is 0 Å². The van der Waals surface area contributed by atoms with E-state index in [1.165, 1.54) is 0 Å². The minimum atomic E-state index is -0.219. The van der Waals surface area contributed by atoms with Gasteiger partial charge in [-0.3, -0.25) is 14.6 Å². The molecule has 0 atom stereocenters. The Bertz CT molecular complexity index is 1110. The monoisotopic (exact) mass is 506 g/mol. The van der Waals surface area contributed by atoms with Gasteiger partial charge in [0.15, 0.2) is 0 Å². The van der Waals surface area contributed by atoms with Gasteiger partial charge in [-0.05, 0) is 72.9 Å². The van der Waals surface area contributed by atoms with Gasteiger partial charge in [-0.25, -0.2) is 0 Å². The molecule has 1 saturated heterocycles. The van der Waals surface area contributed by atoms with Crippen molar-refractivity contribution in [3.8, 4) is 0 Å². The van der Waals surface area contributed by atoms with Crippen molar-refractivity contribution in [2.24, 2.45) is 5.92 Å². The zero-order valence-electron chi connectivity index (χ0n) is 18.6. The van der Waals surface area contributed by atoms with E-state index in [0.717, 1.165) is 41.7 Å². The van der Waals surface area contributed by atoms with E-state index in [4.69, 9.17) is 0 Å². The number of hydrogen-bond donors (Lipinski definition) is 2. The first-order valence-electron chi connectivity index (χ1n) is 11.1. The summed E-state index contributed by atoms with van der Waals surface area (Å²) in [6, 6.07) is 16.5. The summed E-state index contributed by atoms with van der Waals surface area (Å²) in [5, 5.41) is 5.92. The van der Waals surface area contributed by atoms with E-state index in [0.29, 0.717) is 29.3 Å². The van der Waals surface area contributed by atoms with E-state index < -0.39 is 0 Å². The van der Waals surface area contributed by atoms with Gasteiger partial charge in [0.25, 0.3) is 11.8 Å². The van der Waals surface area contributed by atoms with Crippen LogP contribution in [0.25, 0.3) is 0 Å². The lowest BCUT2D eigenvalue weighted by Crippen LogP contribution is -2.35. The third-order valence-corrected chi connectivity index (χ3v) is 6.43. The SMILES string of the molecule is CC1CCN(c2ccc(NC(=O)c3ccc(Br)cc3)cc2C(=O)NCc2cccnc2)CC1. The van der Waals surface area contributed by atoms with Crippen LogP contribution >= 0.6 is 15.9 Å². The molecule has 0 saturated carbocycles. The molecular weight excluding hydrogens is 480 g/mol. The third kappa shape index (κ3) is 5.99. The molecule has 0 spiro atoms. The minimum Gasteiger partial charge on any atom is -0.371 e. The second-order valence-electron chi connectivity index (χ2n) is 8.41. The fourth-order valence-electron chi connectivity index (χ4n) is 3.91. The van der Waals surface area contributed by atoms with Crippen LogP contribution in [0.4, 0.5) is 11.4 Å². The van der Waals surface area contributed by atoms with Gasteiger partial charge < -0.3 is 15.5 Å². The summed E-state index contributed by atoms with van der Waals surface area (Å²) < 4.78 is 0.909. The molecule has 0 bridgehead atoms. The Morgan fingerprint density at radius 2 is 1.82 bits per heavy atom. The number of benzene rings is 2. The fourth-order valence-corrected chi connectivity index (χ4v) is 4.17. The summed E-state index contributed by atoms with van der Waals surface area (Å²) in [6.45, 7) is 4.47. The number of rotatable bonds is 6. The van der Waals surface area contributed by atoms with Crippen molar-refractivity contribution in [2.45, 2.75) is 26.3 Å². The number of carbonyl (C=O) groups excluding carboxylic acids is 2. The molecule has 2 heterocycles. The van der Waals surface area contributed by atoms with Crippen molar-refractivity contribution in [3.05, 3.63) is 88.2 Å². The number of nitrogens with zero attached hydrogens (tertiary/aromatic N) is 2.